The number of anilines is 1. The summed E-state index contributed by atoms with van der Waals surface area (Å²) < 4.78 is 10.3. The highest BCUT2D eigenvalue weighted by Crippen LogP contribution is 2.37. The van der Waals surface area contributed by atoms with Crippen molar-refractivity contribution in [3.8, 4) is 11.1 Å². The van der Waals surface area contributed by atoms with Gasteiger partial charge in [0.05, 0.1) is 12.1 Å². The van der Waals surface area contributed by atoms with E-state index in [-0.39, 0.29) is 5.04 Å². The molecule has 5 rings (SSSR count). The van der Waals surface area contributed by atoms with E-state index >= 15 is 0 Å². The van der Waals surface area contributed by atoms with Crippen LogP contribution in [0, 0.1) is 0 Å². The molecular formula is C28H34N6OSi. The van der Waals surface area contributed by atoms with Crippen LogP contribution in [0.15, 0.2) is 67.1 Å². The maximum Gasteiger partial charge on any atom is 0.191 e. The van der Waals surface area contributed by atoms with Crippen LogP contribution in [-0.2, 0) is 17.4 Å². The summed E-state index contributed by atoms with van der Waals surface area (Å²) in [6.07, 6.45) is 4.35. The number of fused-ring (bicyclic) bond motifs is 2. The normalized spacial score (nSPS) is 12.6. The summed E-state index contributed by atoms with van der Waals surface area (Å²) >= 11 is 0. The van der Waals surface area contributed by atoms with Crippen LogP contribution in [0.25, 0.3) is 27.5 Å². The maximum atomic E-state index is 6.44. The van der Waals surface area contributed by atoms with Crippen LogP contribution in [0.5, 0.6) is 0 Å². The van der Waals surface area contributed by atoms with Crippen molar-refractivity contribution in [2.24, 2.45) is 0 Å². The van der Waals surface area contributed by atoms with Gasteiger partial charge in [-0.15, -0.1) is 0 Å². The van der Waals surface area contributed by atoms with Crippen molar-refractivity contribution in [3.05, 3.63) is 78.4 Å². The summed E-state index contributed by atoms with van der Waals surface area (Å²) in [5.74, 6) is 0.464. The van der Waals surface area contributed by atoms with Crippen LogP contribution < -0.4 is 5.73 Å². The zero-order chi connectivity index (χ0) is 25.5. The minimum atomic E-state index is -1.83. The second-order valence-corrected chi connectivity index (χ2v) is 15.7. The van der Waals surface area contributed by atoms with E-state index in [4.69, 9.17) is 15.3 Å². The molecule has 0 fully saturated rings. The molecule has 0 unspecified atom stereocenters. The molecule has 3 heterocycles. The number of hydrogen-bond donors (Lipinski definition) is 1. The van der Waals surface area contributed by atoms with Gasteiger partial charge in [-0.2, -0.15) is 10.2 Å². The van der Waals surface area contributed by atoms with Crippen molar-refractivity contribution in [1.29, 1.82) is 0 Å². The van der Waals surface area contributed by atoms with E-state index in [1.165, 1.54) is 11.9 Å². The van der Waals surface area contributed by atoms with Crippen molar-refractivity contribution in [2.75, 3.05) is 12.3 Å². The first-order valence-electron chi connectivity index (χ1n) is 12.4. The largest absolute Gasteiger partial charge is 0.416 e. The van der Waals surface area contributed by atoms with Gasteiger partial charge in [0.25, 0.3) is 0 Å². The second-order valence-electron chi connectivity index (χ2n) is 10.9. The summed E-state index contributed by atoms with van der Waals surface area (Å²) in [6.45, 7) is 12.7. The Morgan fingerprint density at radius 1 is 1.03 bits per heavy atom. The lowest BCUT2D eigenvalue weighted by atomic mass is 10.1. The SMILES string of the molecule is CC(C)(C)[Si](C)(C)OCCc1cc(-c2ccc3cn(Cc4ccccc4)nc3c2)c2c(N)ncnn12. The molecule has 2 N–H and O–H groups in total. The number of hydrogen-bond acceptors (Lipinski definition) is 5. The standard InChI is InChI=1S/C28H34N6OSi/c1-28(2,3)36(4,5)35-14-13-23-16-24(26-27(29)30-19-31-34(23)26)21-11-12-22-18-33(32-25(22)15-21)17-20-9-7-6-8-10-20/h6-12,15-16,18-19H,13-14,17H2,1-5H3,(H2,29,30,31). The fourth-order valence-corrected chi connectivity index (χ4v) is 5.29. The summed E-state index contributed by atoms with van der Waals surface area (Å²) in [5.41, 5.74) is 12.4. The molecule has 0 saturated heterocycles. The van der Waals surface area contributed by atoms with Crippen molar-refractivity contribution in [2.45, 2.75) is 51.9 Å². The molecule has 0 aliphatic carbocycles. The van der Waals surface area contributed by atoms with Gasteiger partial charge >= 0.3 is 0 Å². The van der Waals surface area contributed by atoms with E-state index in [0.717, 1.165) is 46.2 Å². The van der Waals surface area contributed by atoms with Gasteiger partial charge in [-0.1, -0.05) is 63.2 Å². The number of nitrogens with two attached hydrogens (primary N) is 1. The summed E-state index contributed by atoms with van der Waals surface area (Å²) in [4.78, 5) is 4.27. The Balaban J connectivity index is 1.46. The highest BCUT2D eigenvalue weighted by Gasteiger charge is 2.37. The predicted molar refractivity (Wildman–Crippen MR) is 149 cm³/mol. The molecule has 36 heavy (non-hydrogen) atoms. The molecule has 0 aliphatic rings. The fraction of sp³-hybridized carbons (Fsp3) is 0.321. The van der Waals surface area contributed by atoms with Crippen LogP contribution >= 0.6 is 0 Å². The van der Waals surface area contributed by atoms with Gasteiger partial charge < -0.3 is 10.2 Å². The quantitative estimate of drug-likeness (QED) is 0.281. The molecule has 2 aromatic carbocycles. The summed E-state index contributed by atoms with van der Waals surface area (Å²) in [7, 11) is -1.83. The number of rotatable bonds is 7. The van der Waals surface area contributed by atoms with Crippen molar-refractivity contribution >= 4 is 30.6 Å². The highest BCUT2D eigenvalue weighted by molar-refractivity contribution is 6.74. The lowest BCUT2D eigenvalue weighted by Gasteiger charge is -2.36. The van der Waals surface area contributed by atoms with E-state index in [1.807, 2.05) is 15.3 Å². The fourth-order valence-electron chi connectivity index (χ4n) is 4.24. The van der Waals surface area contributed by atoms with Crippen molar-refractivity contribution in [1.82, 2.24) is 24.4 Å². The molecule has 8 heteroatoms. The number of aromatic nitrogens is 5. The molecule has 0 aliphatic heterocycles. The Hall–Kier alpha value is -3.49. The van der Waals surface area contributed by atoms with E-state index in [9.17, 15) is 0 Å². The van der Waals surface area contributed by atoms with E-state index < -0.39 is 8.32 Å². The van der Waals surface area contributed by atoms with Gasteiger partial charge in [0.1, 0.15) is 11.8 Å². The molecule has 0 amide bonds. The number of benzene rings is 2. The summed E-state index contributed by atoms with van der Waals surface area (Å²) in [5, 5.41) is 10.6. The Labute approximate surface area is 213 Å². The van der Waals surface area contributed by atoms with E-state index in [1.54, 1.807) is 0 Å². The van der Waals surface area contributed by atoms with Gasteiger partial charge in [0.2, 0.25) is 0 Å². The number of nitrogen functional groups attached to an aromatic ring is 1. The lowest BCUT2D eigenvalue weighted by Crippen LogP contribution is -2.41. The van der Waals surface area contributed by atoms with Gasteiger partial charge in [-0.3, -0.25) is 4.68 Å². The van der Waals surface area contributed by atoms with Crippen molar-refractivity contribution in [3.63, 3.8) is 0 Å². The van der Waals surface area contributed by atoms with Crippen LogP contribution in [-0.4, -0.2) is 39.3 Å². The van der Waals surface area contributed by atoms with E-state index in [0.29, 0.717) is 12.4 Å². The first kappa shape index (κ1) is 24.2. The highest BCUT2D eigenvalue weighted by atomic mass is 28.4. The van der Waals surface area contributed by atoms with Crippen LogP contribution in [0.3, 0.4) is 0 Å². The third kappa shape index (κ3) is 4.66. The molecule has 0 spiro atoms. The Morgan fingerprint density at radius 3 is 2.56 bits per heavy atom. The minimum Gasteiger partial charge on any atom is -0.416 e. The van der Waals surface area contributed by atoms with Gasteiger partial charge in [-0.25, -0.2) is 9.50 Å². The smallest absolute Gasteiger partial charge is 0.191 e. The average molecular weight is 499 g/mol. The first-order valence-corrected chi connectivity index (χ1v) is 15.3. The molecule has 0 bridgehead atoms. The van der Waals surface area contributed by atoms with Gasteiger partial charge in [0.15, 0.2) is 14.1 Å². The molecular weight excluding hydrogens is 464 g/mol. The van der Waals surface area contributed by atoms with Crippen molar-refractivity contribution < 1.29 is 4.43 Å². The molecule has 5 aromatic rings. The zero-order valence-electron chi connectivity index (χ0n) is 21.7. The molecule has 0 radical (unpaired) electrons. The predicted octanol–water partition coefficient (Wildman–Crippen LogP) is 5.94. The molecule has 0 saturated carbocycles. The van der Waals surface area contributed by atoms with Gasteiger partial charge in [-0.05, 0) is 41.4 Å². The van der Waals surface area contributed by atoms with Crippen LogP contribution in [0.1, 0.15) is 32.0 Å². The number of nitrogens with zero attached hydrogens (tertiary/aromatic N) is 5. The summed E-state index contributed by atoms with van der Waals surface area (Å²) in [6, 6.07) is 18.9. The van der Waals surface area contributed by atoms with Crippen LogP contribution in [0.4, 0.5) is 5.82 Å². The van der Waals surface area contributed by atoms with E-state index in [2.05, 4.69) is 98.7 Å². The maximum absolute atomic E-state index is 6.44. The Morgan fingerprint density at radius 2 is 1.81 bits per heavy atom. The molecule has 3 aromatic heterocycles. The molecule has 186 valence electrons. The topological polar surface area (TPSA) is 83.3 Å². The molecule has 0 atom stereocenters. The third-order valence-corrected chi connectivity index (χ3v) is 11.9. The zero-order valence-corrected chi connectivity index (χ0v) is 22.7. The average Bonchev–Trinajstić information content (AvgIpc) is 3.40. The molecule has 7 nitrogen and oxygen atoms in total. The second kappa shape index (κ2) is 9.18. The minimum absolute atomic E-state index is 0.172. The lowest BCUT2D eigenvalue weighted by molar-refractivity contribution is 0.290. The van der Waals surface area contributed by atoms with Crippen LogP contribution in [0.2, 0.25) is 18.1 Å². The third-order valence-electron chi connectivity index (χ3n) is 7.34. The Bertz CT molecular complexity index is 1510. The monoisotopic (exact) mass is 498 g/mol. The van der Waals surface area contributed by atoms with Gasteiger partial charge in [0, 0.05) is 35.9 Å². The first-order chi connectivity index (χ1) is 17.1. The Kier molecular flexibility index (Phi) is 6.18.